The number of halogens is 1. The number of carbonyl (C=O) groups is 1. The summed E-state index contributed by atoms with van der Waals surface area (Å²) in [6, 6.07) is 9.74. The molecule has 2 aromatic carbocycles. The summed E-state index contributed by atoms with van der Waals surface area (Å²) in [6.07, 6.45) is 0.402. The highest BCUT2D eigenvalue weighted by molar-refractivity contribution is 6.32. The lowest BCUT2D eigenvalue weighted by Gasteiger charge is -2.18. The normalized spacial score (nSPS) is 12.1. The van der Waals surface area contributed by atoms with E-state index in [0.29, 0.717) is 23.1 Å². The fourth-order valence-electron chi connectivity index (χ4n) is 2.91. The van der Waals surface area contributed by atoms with Crippen LogP contribution in [0.15, 0.2) is 51.1 Å². The second-order valence-corrected chi connectivity index (χ2v) is 7.02. The van der Waals surface area contributed by atoms with E-state index in [1.54, 1.807) is 44.2 Å². The molecule has 0 aliphatic heterocycles. The van der Waals surface area contributed by atoms with Crippen molar-refractivity contribution < 1.29 is 19.0 Å². The molecule has 0 bridgehead atoms. The summed E-state index contributed by atoms with van der Waals surface area (Å²) in [5.74, 6) is -0.0872. The van der Waals surface area contributed by atoms with E-state index in [1.807, 2.05) is 0 Å². The van der Waals surface area contributed by atoms with Gasteiger partial charge in [-0.1, -0.05) is 23.7 Å². The topological polar surface area (TPSA) is 112 Å². The van der Waals surface area contributed by atoms with Gasteiger partial charge in [0, 0.05) is 0 Å². The van der Waals surface area contributed by atoms with E-state index in [1.165, 1.54) is 19.2 Å². The number of nitrogens with zero attached hydrogens (tertiary/aromatic N) is 2. The number of para-hydroxylation sites is 1. The SMILES string of the molecule is CCOC(=O)[C@@H](C)Oc1c(Cl)cc(C=Nn2c(=O)[nH]c3ccccc3c2=O)cc1OCC. The number of nitrogens with one attached hydrogen (secondary N) is 1. The Morgan fingerprint density at radius 3 is 2.69 bits per heavy atom. The second-order valence-electron chi connectivity index (χ2n) is 6.61. The smallest absolute Gasteiger partial charge is 0.349 e. The number of ether oxygens (including phenoxy) is 3. The first-order chi connectivity index (χ1) is 15.3. The average Bonchev–Trinajstić information content (AvgIpc) is 2.76. The Bertz CT molecular complexity index is 1280. The van der Waals surface area contributed by atoms with Crippen molar-refractivity contribution in [3.63, 3.8) is 0 Å². The van der Waals surface area contributed by atoms with Gasteiger partial charge < -0.3 is 19.2 Å². The lowest BCUT2D eigenvalue weighted by molar-refractivity contribution is -0.150. The molecule has 168 valence electrons. The van der Waals surface area contributed by atoms with Gasteiger partial charge in [0.2, 0.25) is 0 Å². The van der Waals surface area contributed by atoms with Crippen molar-refractivity contribution in [3.05, 3.63) is 67.8 Å². The number of hydrogen-bond donors (Lipinski definition) is 1. The maximum absolute atomic E-state index is 12.6. The van der Waals surface area contributed by atoms with Crippen LogP contribution in [0.2, 0.25) is 5.02 Å². The zero-order chi connectivity index (χ0) is 23.3. The molecule has 3 rings (SSSR count). The average molecular weight is 460 g/mol. The minimum absolute atomic E-state index is 0.160. The number of esters is 1. The van der Waals surface area contributed by atoms with Crippen LogP contribution in [0, 0.1) is 0 Å². The highest BCUT2D eigenvalue weighted by Crippen LogP contribution is 2.37. The standard InChI is InChI=1S/C22H22ClN3O6/c1-4-30-18-11-14(10-16(23)19(18)32-13(3)21(28)31-5-2)12-24-26-20(27)15-8-6-7-9-17(15)25-22(26)29/h6-13H,4-5H2,1-3H3,(H,25,29)/t13-/m1/s1. The van der Waals surface area contributed by atoms with E-state index in [2.05, 4.69) is 10.1 Å². The number of fused-ring (bicyclic) bond motifs is 1. The number of aromatic nitrogens is 2. The van der Waals surface area contributed by atoms with Crippen LogP contribution >= 0.6 is 11.6 Å². The van der Waals surface area contributed by atoms with Gasteiger partial charge in [-0.15, -0.1) is 4.68 Å². The van der Waals surface area contributed by atoms with Crippen molar-refractivity contribution in [3.8, 4) is 11.5 Å². The number of hydrogen-bond acceptors (Lipinski definition) is 7. The third-order valence-electron chi connectivity index (χ3n) is 4.35. The van der Waals surface area contributed by atoms with Crippen LogP contribution < -0.4 is 20.7 Å². The van der Waals surface area contributed by atoms with E-state index in [-0.39, 0.29) is 23.1 Å². The molecule has 10 heteroatoms. The zero-order valence-corrected chi connectivity index (χ0v) is 18.5. The van der Waals surface area contributed by atoms with Crippen LogP contribution in [0.3, 0.4) is 0 Å². The molecule has 1 aromatic heterocycles. The maximum Gasteiger partial charge on any atom is 0.349 e. The van der Waals surface area contributed by atoms with E-state index in [4.69, 9.17) is 25.8 Å². The summed E-state index contributed by atoms with van der Waals surface area (Å²) in [5.41, 5.74) is -0.355. The number of carbonyl (C=O) groups excluding carboxylic acids is 1. The monoisotopic (exact) mass is 459 g/mol. The molecule has 0 radical (unpaired) electrons. The van der Waals surface area contributed by atoms with Crippen LogP contribution in [0.5, 0.6) is 11.5 Å². The van der Waals surface area contributed by atoms with Gasteiger partial charge in [-0.2, -0.15) is 5.10 Å². The Morgan fingerprint density at radius 2 is 1.97 bits per heavy atom. The minimum Gasteiger partial charge on any atom is -0.490 e. The summed E-state index contributed by atoms with van der Waals surface area (Å²) < 4.78 is 16.9. The molecule has 0 unspecified atom stereocenters. The fraction of sp³-hybridized carbons (Fsp3) is 0.273. The lowest BCUT2D eigenvalue weighted by atomic mass is 10.2. The van der Waals surface area contributed by atoms with E-state index >= 15 is 0 Å². The van der Waals surface area contributed by atoms with Gasteiger partial charge in [-0.05, 0) is 50.6 Å². The highest BCUT2D eigenvalue weighted by Gasteiger charge is 2.21. The fourth-order valence-corrected chi connectivity index (χ4v) is 3.17. The third-order valence-corrected chi connectivity index (χ3v) is 4.63. The lowest BCUT2D eigenvalue weighted by Crippen LogP contribution is -2.32. The Kier molecular flexibility index (Phi) is 7.32. The summed E-state index contributed by atoms with van der Waals surface area (Å²) in [6.45, 7) is 5.55. The number of benzene rings is 2. The first-order valence-corrected chi connectivity index (χ1v) is 10.3. The minimum atomic E-state index is -0.902. The largest absolute Gasteiger partial charge is 0.490 e. The van der Waals surface area contributed by atoms with Gasteiger partial charge in [-0.25, -0.2) is 9.59 Å². The number of aromatic amines is 1. The first-order valence-electron chi connectivity index (χ1n) is 9.93. The third kappa shape index (κ3) is 5.00. The van der Waals surface area contributed by atoms with Crippen molar-refractivity contribution in [1.29, 1.82) is 0 Å². The van der Waals surface area contributed by atoms with Crippen molar-refractivity contribution in [2.75, 3.05) is 13.2 Å². The van der Waals surface area contributed by atoms with Crippen LogP contribution in [-0.2, 0) is 9.53 Å². The van der Waals surface area contributed by atoms with Gasteiger partial charge in [0.15, 0.2) is 17.6 Å². The molecule has 0 saturated carbocycles. The summed E-state index contributed by atoms with van der Waals surface area (Å²) in [5, 5.41) is 4.51. The quantitative estimate of drug-likeness (QED) is 0.409. The highest BCUT2D eigenvalue weighted by atomic mass is 35.5. The zero-order valence-electron chi connectivity index (χ0n) is 17.8. The molecule has 1 atom stereocenters. The molecule has 1 N–H and O–H groups in total. The summed E-state index contributed by atoms with van der Waals surface area (Å²) >= 11 is 6.36. The summed E-state index contributed by atoms with van der Waals surface area (Å²) in [7, 11) is 0. The van der Waals surface area contributed by atoms with Crippen LogP contribution in [0.25, 0.3) is 10.9 Å². The van der Waals surface area contributed by atoms with Gasteiger partial charge in [0.25, 0.3) is 5.56 Å². The predicted molar refractivity (Wildman–Crippen MR) is 121 cm³/mol. The van der Waals surface area contributed by atoms with Gasteiger partial charge in [0.05, 0.1) is 35.4 Å². The molecule has 1 heterocycles. The molecule has 32 heavy (non-hydrogen) atoms. The van der Waals surface area contributed by atoms with Crippen LogP contribution in [0.1, 0.15) is 26.3 Å². The molecule has 9 nitrogen and oxygen atoms in total. The van der Waals surface area contributed by atoms with Crippen molar-refractivity contribution in [1.82, 2.24) is 9.66 Å². The molecule has 0 fully saturated rings. The van der Waals surface area contributed by atoms with Crippen LogP contribution in [0.4, 0.5) is 0 Å². The first kappa shape index (κ1) is 23.1. The van der Waals surface area contributed by atoms with Crippen molar-refractivity contribution >= 4 is 34.7 Å². The molecule has 0 aliphatic rings. The van der Waals surface area contributed by atoms with Crippen molar-refractivity contribution in [2.45, 2.75) is 26.9 Å². The molecule has 0 spiro atoms. The van der Waals surface area contributed by atoms with Crippen LogP contribution in [-0.4, -0.2) is 41.2 Å². The molecule has 0 aliphatic carbocycles. The maximum atomic E-state index is 12.6. The predicted octanol–water partition coefficient (Wildman–Crippen LogP) is 2.95. The van der Waals surface area contributed by atoms with Crippen molar-refractivity contribution in [2.24, 2.45) is 5.10 Å². The van der Waals surface area contributed by atoms with E-state index in [0.717, 1.165) is 4.68 Å². The molecule has 0 saturated heterocycles. The van der Waals surface area contributed by atoms with Gasteiger partial charge in [0.1, 0.15) is 0 Å². The number of H-pyrrole nitrogens is 1. The Labute approximate surface area is 188 Å². The Balaban J connectivity index is 1.97. The molecular formula is C22H22ClN3O6. The Morgan fingerprint density at radius 1 is 1.22 bits per heavy atom. The van der Waals surface area contributed by atoms with Gasteiger partial charge in [-0.3, -0.25) is 4.79 Å². The molecular weight excluding hydrogens is 438 g/mol. The van der Waals surface area contributed by atoms with Gasteiger partial charge >= 0.3 is 11.7 Å². The summed E-state index contributed by atoms with van der Waals surface area (Å²) in [4.78, 5) is 39.4. The Hall–Kier alpha value is -3.59. The second kappa shape index (κ2) is 10.1. The number of rotatable bonds is 8. The van der Waals surface area contributed by atoms with E-state index in [9.17, 15) is 14.4 Å². The molecule has 0 amide bonds. The molecule has 3 aromatic rings. The van der Waals surface area contributed by atoms with E-state index < -0.39 is 23.3 Å².